The fourth-order valence-corrected chi connectivity index (χ4v) is 7.94. The number of rotatable bonds is 11. The van der Waals surface area contributed by atoms with Crippen molar-refractivity contribution in [3.05, 3.63) is 157 Å². The third kappa shape index (κ3) is 6.76. The lowest BCUT2D eigenvalue weighted by atomic mass is 9.93. The van der Waals surface area contributed by atoms with Crippen molar-refractivity contribution in [2.75, 3.05) is 20.8 Å². The first-order chi connectivity index (χ1) is 25.9. The lowest BCUT2D eigenvalue weighted by Gasteiger charge is -2.27. The highest BCUT2D eigenvalue weighted by Gasteiger charge is 2.36. The van der Waals surface area contributed by atoms with Crippen molar-refractivity contribution < 1.29 is 19.0 Å². The van der Waals surface area contributed by atoms with Gasteiger partial charge in [0.1, 0.15) is 17.5 Å². The SMILES string of the molecule is CCCC1=C(C(=O)OCC)[C@@H](c2cc(OC)ccc2OC)n2c(s/c(=C\c3cc(-c4ccccc4)n(-c4ccc(C)cc4)c3-c3ccccc3)c2=O)=N1. The van der Waals surface area contributed by atoms with Gasteiger partial charge in [-0.05, 0) is 73.9 Å². The Labute approximate surface area is 312 Å². The lowest BCUT2D eigenvalue weighted by molar-refractivity contribution is -0.139. The number of aromatic nitrogens is 2. The van der Waals surface area contributed by atoms with Crippen LogP contribution in [0.1, 0.15) is 49.4 Å². The van der Waals surface area contributed by atoms with E-state index in [9.17, 15) is 9.59 Å². The molecule has 0 N–H and O–H groups in total. The first-order valence-corrected chi connectivity index (χ1v) is 18.6. The van der Waals surface area contributed by atoms with Crippen LogP contribution in [0.25, 0.3) is 34.3 Å². The van der Waals surface area contributed by atoms with Gasteiger partial charge in [-0.15, -0.1) is 0 Å². The standard InChI is InChI=1S/C44H41N3O5S/c1-6-14-35-39(43(49)52-7-2)41(34-27-33(50-4)23-24-37(34)51-5)47-42(48)38(53-44(47)45-35)26-31-25-36(29-15-10-8-11-16-29)46(32-21-19-28(3)20-22-32)40(31)30-17-12-9-13-18-30/h8-13,15-27,41H,6-7,14H2,1-5H3/b38-26-/t41-/m1/s1. The molecule has 0 saturated carbocycles. The summed E-state index contributed by atoms with van der Waals surface area (Å²) in [4.78, 5) is 34.2. The van der Waals surface area contributed by atoms with Crippen LogP contribution in [0.5, 0.6) is 11.5 Å². The van der Waals surface area contributed by atoms with Crippen LogP contribution in [0.4, 0.5) is 0 Å². The van der Waals surface area contributed by atoms with Crippen molar-refractivity contribution in [3.63, 3.8) is 0 Å². The number of allylic oxidation sites excluding steroid dienone is 1. The highest BCUT2D eigenvalue weighted by Crippen LogP contribution is 2.40. The Morgan fingerprint density at radius 1 is 0.868 bits per heavy atom. The van der Waals surface area contributed by atoms with Crippen LogP contribution >= 0.6 is 11.3 Å². The minimum absolute atomic E-state index is 0.179. The van der Waals surface area contributed by atoms with Gasteiger partial charge in [0, 0.05) is 16.8 Å². The number of carbonyl (C=O) groups is 1. The van der Waals surface area contributed by atoms with Gasteiger partial charge in [-0.3, -0.25) is 9.36 Å². The zero-order chi connectivity index (χ0) is 37.1. The minimum Gasteiger partial charge on any atom is -0.497 e. The molecule has 9 heteroatoms. The number of hydrogen-bond acceptors (Lipinski definition) is 7. The smallest absolute Gasteiger partial charge is 0.338 e. The topological polar surface area (TPSA) is 84.0 Å². The Morgan fingerprint density at radius 3 is 2.21 bits per heavy atom. The van der Waals surface area contributed by atoms with E-state index in [1.165, 1.54) is 11.3 Å². The highest BCUT2D eigenvalue weighted by atomic mass is 32.1. The van der Waals surface area contributed by atoms with Gasteiger partial charge in [0.2, 0.25) is 0 Å². The molecule has 0 unspecified atom stereocenters. The Bertz CT molecular complexity index is 2490. The predicted octanol–water partition coefficient (Wildman–Crippen LogP) is 8.03. The number of fused-ring (bicyclic) bond motifs is 1. The van der Waals surface area contributed by atoms with E-state index >= 15 is 0 Å². The van der Waals surface area contributed by atoms with E-state index < -0.39 is 12.0 Å². The Kier molecular flexibility index (Phi) is 10.3. The van der Waals surface area contributed by atoms with Gasteiger partial charge in [-0.1, -0.05) is 103 Å². The number of esters is 1. The molecule has 0 bridgehead atoms. The largest absolute Gasteiger partial charge is 0.497 e. The van der Waals surface area contributed by atoms with Crippen LogP contribution in [0, 0.1) is 6.92 Å². The molecule has 1 aliphatic rings. The molecule has 1 aliphatic heterocycles. The summed E-state index contributed by atoms with van der Waals surface area (Å²) >= 11 is 1.31. The Balaban J connectivity index is 1.54. The van der Waals surface area contributed by atoms with Gasteiger partial charge in [-0.2, -0.15) is 0 Å². The van der Waals surface area contributed by atoms with Crippen LogP contribution in [0.2, 0.25) is 0 Å². The summed E-state index contributed by atoms with van der Waals surface area (Å²) < 4.78 is 21.4. The molecule has 3 heterocycles. The maximum Gasteiger partial charge on any atom is 0.338 e. The molecule has 6 aromatic rings. The van der Waals surface area contributed by atoms with Gasteiger partial charge in [0.25, 0.3) is 5.56 Å². The maximum absolute atomic E-state index is 14.9. The number of hydrogen-bond donors (Lipinski definition) is 0. The normalized spacial score (nSPS) is 14.1. The molecule has 0 spiro atoms. The van der Waals surface area contributed by atoms with Crippen LogP contribution in [-0.2, 0) is 9.53 Å². The molecule has 53 heavy (non-hydrogen) atoms. The third-order valence-corrected chi connectivity index (χ3v) is 10.3. The van der Waals surface area contributed by atoms with Crippen molar-refractivity contribution in [2.45, 2.75) is 39.7 Å². The summed E-state index contributed by atoms with van der Waals surface area (Å²) in [7, 11) is 3.16. The number of carbonyl (C=O) groups excluding carboxylic acids is 1. The molecule has 7 rings (SSSR count). The average molecular weight is 724 g/mol. The predicted molar refractivity (Wildman–Crippen MR) is 211 cm³/mol. The van der Waals surface area contributed by atoms with E-state index in [2.05, 4.69) is 66.1 Å². The monoisotopic (exact) mass is 723 g/mol. The summed E-state index contributed by atoms with van der Waals surface area (Å²) in [5, 5.41) is 0. The fraction of sp³-hybridized carbons (Fsp3) is 0.205. The van der Waals surface area contributed by atoms with Gasteiger partial charge >= 0.3 is 5.97 Å². The van der Waals surface area contributed by atoms with Crippen LogP contribution in [-0.4, -0.2) is 35.9 Å². The molecule has 2 aromatic heterocycles. The molecule has 8 nitrogen and oxygen atoms in total. The van der Waals surface area contributed by atoms with Crippen molar-refractivity contribution in [1.29, 1.82) is 0 Å². The van der Waals surface area contributed by atoms with E-state index in [1.807, 2.05) is 55.5 Å². The molecule has 0 amide bonds. The second kappa shape index (κ2) is 15.4. The van der Waals surface area contributed by atoms with E-state index in [0.717, 1.165) is 45.7 Å². The zero-order valence-electron chi connectivity index (χ0n) is 30.5. The summed E-state index contributed by atoms with van der Waals surface area (Å²) in [5.41, 5.74) is 8.26. The second-order valence-corrected chi connectivity index (χ2v) is 13.8. The van der Waals surface area contributed by atoms with Gasteiger partial charge in [0.05, 0.1) is 48.0 Å². The van der Waals surface area contributed by atoms with Crippen LogP contribution in [0.15, 0.2) is 130 Å². The molecule has 0 aliphatic carbocycles. The number of thiazole rings is 1. The van der Waals surface area contributed by atoms with Gasteiger partial charge in [-0.25, -0.2) is 9.79 Å². The highest BCUT2D eigenvalue weighted by molar-refractivity contribution is 7.07. The summed E-state index contributed by atoms with van der Waals surface area (Å²) in [6.07, 6.45) is 3.23. The van der Waals surface area contributed by atoms with Gasteiger partial charge in [0.15, 0.2) is 4.80 Å². The van der Waals surface area contributed by atoms with E-state index in [-0.39, 0.29) is 12.2 Å². The number of benzene rings is 4. The summed E-state index contributed by atoms with van der Waals surface area (Å²) in [6, 6.07) is 35.6. The Morgan fingerprint density at radius 2 is 1.57 bits per heavy atom. The third-order valence-electron chi connectivity index (χ3n) is 9.35. The van der Waals surface area contributed by atoms with E-state index in [0.29, 0.717) is 44.1 Å². The zero-order valence-corrected chi connectivity index (χ0v) is 31.3. The minimum atomic E-state index is -0.857. The first-order valence-electron chi connectivity index (χ1n) is 17.7. The van der Waals surface area contributed by atoms with Crippen LogP contribution < -0.4 is 24.4 Å². The first kappa shape index (κ1) is 35.5. The van der Waals surface area contributed by atoms with Crippen molar-refractivity contribution >= 4 is 23.4 Å². The van der Waals surface area contributed by atoms with E-state index in [1.54, 1.807) is 37.8 Å². The van der Waals surface area contributed by atoms with Crippen molar-refractivity contribution in [3.8, 4) is 39.7 Å². The van der Waals surface area contributed by atoms with E-state index in [4.69, 9.17) is 19.2 Å². The molecule has 0 fully saturated rings. The molecular formula is C44H41N3O5S. The number of aryl methyl sites for hydroxylation is 1. The molecule has 4 aromatic carbocycles. The second-order valence-electron chi connectivity index (χ2n) is 12.8. The van der Waals surface area contributed by atoms with Crippen LogP contribution in [0.3, 0.4) is 0 Å². The molecule has 268 valence electrons. The fourth-order valence-electron chi connectivity index (χ4n) is 6.92. The molecule has 1 atom stereocenters. The molecular weight excluding hydrogens is 683 g/mol. The summed E-state index contributed by atoms with van der Waals surface area (Å²) in [5.74, 6) is 0.565. The lowest BCUT2D eigenvalue weighted by Crippen LogP contribution is -2.40. The van der Waals surface area contributed by atoms with Gasteiger partial charge < -0.3 is 18.8 Å². The van der Waals surface area contributed by atoms with Crippen molar-refractivity contribution in [2.24, 2.45) is 4.99 Å². The maximum atomic E-state index is 14.9. The number of methoxy groups -OCH3 is 2. The van der Waals surface area contributed by atoms with Crippen molar-refractivity contribution in [1.82, 2.24) is 9.13 Å². The summed E-state index contributed by atoms with van der Waals surface area (Å²) in [6.45, 7) is 6.06. The Hall–Kier alpha value is -5.93. The molecule has 0 radical (unpaired) electrons. The number of ether oxygens (including phenoxy) is 3. The number of nitrogens with zero attached hydrogens (tertiary/aromatic N) is 3. The quantitative estimate of drug-likeness (QED) is 0.127. The average Bonchev–Trinajstić information content (AvgIpc) is 3.72. The molecule has 0 saturated heterocycles.